The first kappa shape index (κ1) is 23.3. The van der Waals surface area contributed by atoms with Gasteiger partial charge in [-0.25, -0.2) is 0 Å². The van der Waals surface area contributed by atoms with Gasteiger partial charge in [0.2, 0.25) is 0 Å². The van der Waals surface area contributed by atoms with E-state index in [4.69, 9.17) is 0 Å². The quantitative estimate of drug-likeness (QED) is 0.345. The Bertz CT molecular complexity index is 1230. The topological polar surface area (TPSA) is 61.4 Å². The third kappa shape index (κ3) is 3.82. The maximum absolute atomic E-state index is 13.8. The second kappa shape index (κ2) is 9.06. The lowest BCUT2D eigenvalue weighted by Crippen LogP contribution is -2.68. The molecule has 3 fully saturated rings. The molecule has 0 aromatic heterocycles. The van der Waals surface area contributed by atoms with Gasteiger partial charge in [-0.15, -0.1) is 0 Å². The predicted molar refractivity (Wildman–Crippen MR) is 144 cm³/mol. The highest BCUT2D eigenvalue weighted by atomic mass is 16.3. The van der Waals surface area contributed by atoms with Crippen molar-refractivity contribution in [3.8, 4) is 11.1 Å². The van der Waals surface area contributed by atoms with E-state index in [0.29, 0.717) is 17.0 Å². The summed E-state index contributed by atoms with van der Waals surface area (Å²) in [4.78, 5) is 13.8. The fraction of sp³-hybridized carbons (Fsp3) is 0.387. The summed E-state index contributed by atoms with van der Waals surface area (Å²) in [6.45, 7) is 7.56. The Hall–Kier alpha value is -3.15. The van der Waals surface area contributed by atoms with Crippen molar-refractivity contribution in [2.45, 2.75) is 37.8 Å². The number of piperidine rings is 3. The summed E-state index contributed by atoms with van der Waals surface area (Å²) in [5.41, 5.74) is 4.13. The SMILES string of the molecule is Cc1ccccc1NCCC[N+]12CCC(CC1)[C@@H](NC(=O)C1(O)c3ccccc3-c3ccccc31)C2. The summed E-state index contributed by atoms with van der Waals surface area (Å²) in [6, 6.07) is 24.1. The molecule has 4 aliphatic rings. The number of anilines is 1. The number of para-hydroxylation sites is 1. The van der Waals surface area contributed by atoms with Crippen LogP contribution >= 0.6 is 0 Å². The summed E-state index contributed by atoms with van der Waals surface area (Å²) in [5, 5.41) is 18.8. The lowest BCUT2D eigenvalue weighted by molar-refractivity contribution is -0.943. The number of carbonyl (C=O) groups is 1. The Labute approximate surface area is 213 Å². The highest BCUT2D eigenvalue weighted by Crippen LogP contribution is 2.47. The van der Waals surface area contributed by atoms with Gasteiger partial charge in [-0.3, -0.25) is 4.79 Å². The number of quaternary nitrogens is 1. The third-order valence-electron chi connectivity index (χ3n) is 8.94. The summed E-state index contributed by atoms with van der Waals surface area (Å²) in [7, 11) is 0. The molecule has 1 amide bonds. The van der Waals surface area contributed by atoms with Gasteiger partial charge in [0.25, 0.3) is 5.91 Å². The molecule has 3 aromatic carbocycles. The van der Waals surface area contributed by atoms with Crippen molar-refractivity contribution in [3.63, 3.8) is 0 Å². The van der Waals surface area contributed by atoms with E-state index in [2.05, 4.69) is 41.8 Å². The van der Waals surface area contributed by atoms with Crippen LogP contribution < -0.4 is 10.6 Å². The van der Waals surface area contributed by atoms with Crippen molar-refractivity contribution in [1.82, 2.24) is 5.32 Å². The van der Waals surface area contributed by atoms with E-state index in [1.54, 1.807) is 0 Å². The van der Waals surface area contributed by atoms with Crippen molar-refractivity contribution >= 4 is 11.6 Å². The Morgan fingerprint density at radius 3 is 2.22 bits per heavy atom. The van der Waals surface area contributed by atoms with Crippen LogP contribution in [0.4, 0.5) is 5.69 Å². The molecule has 0 saturated carbocycles. The predicted octanol–water partition coefficient (Wildman–Crippen LogP) is 4.44. The van der Waals surface area contributed by atoms with E-state index in [-0.39, 0.29) is 11.9 Å². The van der Waals surface area contributed by atoms with Gasteiger partial charge in [-0.05, 0) is 35.6 Å². The molecule has 5 nitrogen and oxygen atoms in total. The number of aliphatic hydroxyl groups is 1. The maximum Gasteiger partial charge on any atom is 0.261 e. The summed E-state index contributed by atoms with van der Waals surface area (Å²) in [6.07, 6.45) is 3.38. The average Bonchev–Trinajstić information content (AvgIpc) is 3.18. The number of amides is 1. The number of hydrogen-bond donors (Lipinski definition) is 3. The highest BCUT2D eigenvalue weighted by molar-refractivity contribution is 5.98. The minimum Gasteiger partial charge on any atom is -0.385 e. The number of fused-ring (bicyclic) bond motifs is 6. The van der Waals surface area contributed by atoms with Crippen LogP contribution in [0.15, 0.2) is 72.8 Å². The molecule has 3 aliphatic heterocycles. The van der Waals surface area contributed by atoms with E-state index in [1.807, 2.05) is 48.5 Å². The largest absolute Gasteiger partial charge is 0.385 e. The van der Waals surface area contributed by atoms with Crippen molar-refractivity contribution in [2.75, 3.05) is 38.0 Å². The average molecular weight is 483 g/mol. The number of nitrogens with zero attached hydrogens (tertiary/aromatic N) is 1. The molecule has 1 aliphatic carbocycles. The van der Waals surface area contributed by atoms with Crippen LogP contribution in [0.5, 0.6) is 0 Å². The third-order valence-corrected chi connectivity index (χ3v) is 8.94. The van der Waals surface area contributed by atoms with Crippen molar-refractivity contribution in [2.24, 2.45) is 5.92 Å². The molecular weight excluding hydrogens is 446 g/mol. The van der Waals surface area contributed by atoms with Crippen molar-refractivity contribution < 1.29 is 14.4 Å². The number of hydrogen-bond acceptors (Lipinski definition) is 3. The van der Waals surface area contributed by atoms with Crippen LogP contribution in [0.3, 0.4) is 0 Å². The molecule has 7 rings (SSSR count). The molecule has 0 radical (unpaired) electrons. The van der Waals surface area contributed by atoms with Crippen LogP contribution in [0.2, 0.25) is 0 Å². The molecule has 1 atom stereocenters. The van der Waals surface area contributed by atoms with Crippen LogP contribution in [-0.2, 0) is 10.4 Å². The van der Waals surface area contributed by atoms with Gasteiger partial charge in [-0.1, -0.05) is 66.7 Å². The number of benzene rings is 3. The first-order valence-corrected chi connectivity index (χ1v) is 13.4. The fourth-order valence-corrected chi connectivity index (χ4v) is 6.90. The molecule has 36 heavy (non-hydrogen) atoms. The number of rotatable bonds is 7. The molecule has 5 heteroatoms. The Morgan fingerprint density at radius 2 is 1.56 bits per heavy atom. The second-order valence-electron chi connectivity index (χ2n) is 11.0. The van der Waals surface area contributed by atoms with Crippen LogP contribution in [0.25, 0.3) is 11.1 Å². The van der Waals surface area contributed by atoms with Crippen LogP contribution in [0.1, 0.15) is 36.0 Å². The molecular formula is C31H36N3O2+. The molecule has 0 spiro atoms. The Balaban J connectivity index is 1.15. The normalized spacial score (nSPS) is 25.2. The van der Waals surface area contributed by atoms with Gasteiger partial charge in [0.15, 0.2) is 5.60 Å². The van der Waals surface area contributed by atoms with Gasteiger partial charge in [0, 0.05) is 42.6 Å². The van der Waals surface area contributed by atoms with Gasteiger partial charge in [0.1, 0.15) is 0 Å². The van der Waals surface area contributed by atoms with E-state index in [9.17, 15) is 9.90 Å². The summed E-state index contributed by atoms with van der Waals surface area (Å²) in [5.74, 6) is 0.215. The lowest BCUT2D eigenvalue weighted by atomic mass is 9.80. The lowest BCUT2D eigenvalue weighted by Gasteiger charge is -2.53. The number of nitrogens with one attached hydrogen (secondary N) is 2. The summed E-state index contributed by atoms with van der Waals surface area (Å²) >= 11 is 0. The zero-order valence-corrected chi connectivity index (χ0v) is 21.0. The molecule has 0 unspecified atom stereocenters. The summed E-state index contributed by atoms with van der Waals surface area (Å²) < 4.78 is 1.07. The van der Waals surface area contributed by atoms with Gasteiger partial charge < -0.3 is 20.2 Å². The molecule has 3 N–H and O–H groups in total. The second-order valence-corrected chi connectivity index (χ2v) is 11.0. The Kier molecular flexibility index (Phi) is 5.85. The molecule has 3 aromatic rings. The van der Waals surface area contributed by atoms with Gasteiger partial charge in [0.05, 0.1) is 32.2 Å². The Morgan fingerprint density at radius 1 is 0.944 bits per heavy atom. The van der Waals surface area contributed by atoms with Crippen LogP contribution in [-0.4, -0.2) is 54.3 Å². The fourth-order valence-electron chi connectivity index (χ4n) is 6.90. The van der Waals surface area contributed by atoms with E-state index < -0.39 is 5.60 Å². The highest BCUT2D eigenvalue weighted by Gasteiger charge is 2.51. The molecule has 3 saturated heterocycles. The zero-order chi connectivity index (χ0) is 24.8. The van der Waals surface area contributed by atoms with E-state index >= 15 is 0 Å². The maximum atomic E-state index is 13.8. The molecule has 3 heterocycles. The first-order valence-electron chi connectivity index (χ1n) is 13.4. The van der Waals surface area contributed by atoms with Gasteiger partial charge in [-0.2, -0.15) is 0 Å². The van der Waals surface area contributed by atoms with Gasteiger partial charge >= 0.3 is 0 Å². The molecule has 186 valence electrons. The minimum atomic E-state index is -1.64. The van der Waals surface area contributed by atoms with Crippen molar-refractivity contribution in [1.29, 1.82) is 0 Å². The van der Waals surface area contributed by atoms with Crippen molar-refractivity contribution in [3.05, 3.63) is 89.5 Å². The monoisotopic (exact) mass is 482 g/mol. The standard InChI is InChI=1S/C31H35N3O2/c1-22-9-2-7-14-28(22)32-17-8-18-34-19-15-23(16-20-34)29(21-34)33-30(35)31(36)26-12-5-3-10-24(26)25-11-4-6-13-27(25)31/h2-7,9-14,23,29,32,36H,8,15-21H2,1H3/p+1/t23?,29-,34?/m0/s1. The van der Waals surface area contributed by atoms with Crippen LogP contribution in [0, 0.1) is 12.8 Å². The first-order chi connectivity index (χ1) is 17.5. The smallest absolute Gasteiger partial charge is 0.261 e. The minimum absolute atomic E-state index is 0.105. The zero-order valence-electron chi connectivity index (χ0n) is 21.0. The van der Waals surface area contributed by atoms with E-state index in [1.165, 1.54) is 24.3 Å². The number of aryl methyl sites for hydroxylation is 1. The molecule has 2 bridgehead atoms. The van der Waals surface area contributed by atoms with E-state index in [0.717, 1.165) is 54.5 Å². The number of carbonyl (C=O) groups excluding carboxylic acids is 1.